The molecule has 1 rings (SSSR count). The molecule has 1 aromatic rings. The van der Waals surface area contributed by atoms with E-state index in [-0.39, 0.29) is 18.1 Å². The molecule has 0 heterocycles. The molecule has 4 heteroatoms. The maximum absolute atomic E-state index is 12.0. The second-order valence-corrected chi connectivity index (χ2v) is 4.07. The summed E-state index contributed by atoms with van der Waals surface area (Å²) in [6.07, 6.45) is 0.341. The Kier molecular flexibility index (Phi) is 5.24. The lowest BCUT2D eigenvalue weighted by atomic mass is 9.91. The van der Waals surface area contributed by atoms with Crippen LogP contribution in [0.5, 0.6) is 0 Å². The molecule has 0 aliphatic carbocycles. The molecule has 0 amide bonds. The normalized spacial score (nSPS) is 13.4. The van der Waals surface area contributed by atoms with Crippen molar-refractivity contribution in [2.45, 2.75) is 19.3 Å². The fraction of sp³-hybridized carbons (Fsp3) is 0.357. The predicted molar refractivity (Wildman–Crippen MR) is 66.1 cm³/mol. The van der Waals surface area contributed by atoms with Crippen LogP contribution in [0.4, 0.5) is 0 Å². The predicted octanol–water partition coefficient (Wildman–Crippen LogP) is 1.74. The average Bonchev–Trinajstić information content (AvgIpc) is 2.43. The topological polar surface area (TPSA) is 60.4 Å². The molecule has 0 fully saturated rings. The van der Waals surface area contributed by atoms with E-state index in [9.17, 15) is 14.4 Å². The molecule has 0 saturated carbocycles. The van der Waals surface area contributed by atoms with Gasteiger partial charge in [0.15, 0.2) is 0 Å². The lowest BCUT2D eigenvalue weighted by molar-refractivity contribution is -0.148. The van der Waals surface area contributed by atoms with Gasteiger partial charge in [-0.05, 0) is 5.56 Å². The summed E-state index contributed by atoms with van der Waals surface area (Å²) in [7, 11) is 1.20. The minimum absolute atomic E-state index is 0.119. The van der Waals surface area contributed by atoms with Gasteiger partial charge in [0, 0.05) is 12.3 Å². The molecule has 2 atom stereocenters. The number of hydrogen-bond donors (Lipinski definition) is 0. The number of methoxy groups -OCH3 is 1. The monoisotopic (exact) mass is 248 g/mol. The van der Waals surface area contributed by atoms with Gasteiger partial charge in [-0.1, -0.05) is 37.3 Å². The van der Waals surface area contributed by atoms with Crippen molar-refractivity contribution in [1.82, 2.24) is 0 Å². The van der Waals surface area contributed by atoms with E-state index in [0.717, 1.165) is 5.56 Å². The number of carbonyl (C=O) groups is 3. The summed E-state index contributed by atoms with van der Waals surface area (Å²) in [6, 6.07) is 9.24. The molecule has 4 nitrogen and oxygen atoms in total. The number of aldehydes is 1. The minimum atomic E-state index is -1.01. The first-order valence-electron chi connectivity index (χ1n) is 5.71. The van der Waals surface area contributed by atoms with Crippen LogP contribution in [0.25, 0.3) is 0 Å². The molecule has 96 valence electrons. The highest BCUT2D eigenvalue weighted by atomic mass is 16.5. The van der Waals surface area contributed by atoms with Gasteiger partial charge in [-0.15, -0.1) is 0 Å². The van der Waals surface area contributed by atoms with E-state index < -0.39 is 11.9 Å². The first-order valence-corrected chi connectivity index (χ1v) is 5.71. The second kappa shape index (κ2) is 6.69. The number of benzene rings is 1. The Morgan fingerprint density at radius 1 is 1.28 bits per heavy atom. The lowest BCUT2D eigenvalue weighted by Gasteiger charge is -2.13. The number of rotatable bonds is 6. The number of ether oxygens (including phenoxy) is 1. The van der Waals surface area contributed by atoms with Gasteiger partial charge in [-0.2, -0.15) is 0 Å². The first-order chi connectivity index (χ1) is 8.60. The molecule has 18 heavy (non-hydrogen) atoms. The zero-order valence-corrected chi connectivity index (χ0v) is 10.5. The molecular formula is C14H16O4. The summed E-state index contributed by atoms with van der Waals surface area (Å²) in [5.74, 6) is -2.16. The molecule has 1 aromatic carbocycles. The van der Waals surface area contributed by atoms with Crippen molar-refractivity contribution in [3.8, 4) is 0 Å². The lowest BCUT2D eigenvalue weighted by Crippen LogP contribution is -2.23. The van der Waals surface area contributed by atoms with Gasteiger partial charge in [0.2, 0.25) is 0 Å². The maximum atomic E-state index is 12.0. The van der Waals surface area contributed by atoms with Gasteiger partial charge in [0.05, 0.1) is 7.11 Å². The van der Waals surface area contributed by atoms with Crippen LogP contribution in [0, 0.1) is 5.92 Å². The molecule has 0 bridgehead atoms. The number of hydrogen-bond acceptors (Lipinski definition) is 4. The highest BCUT2D eigenvalue weighted by molar-refractivity contribution is 5.95. The Hall–Kier alpha value is -1.97. The van der Waals surface area contributed by atoms with Crippen LogP contribution in [0.2, 0.25) is 0 Å². The van der Waals surface area contributed by atoms with Crippen molar-refractivity contribution >= 4 is 18.0 Å². The number of carbonyl (C=O) groups excluding carboxylic acids is 3. The molecule has 0 aromatic heterocycles. The molecule has 0 saturated heterocycles. The zero-order chi connectivity index (χ0) is 13.5. The fourth-order valence-electron chi connectivity index (χ4n) is 1.66. The van der Waals surface area contributed by atoms with Crippen LogP contribution in [0.15, 0.2) is 30.3 Å². The molecule has 0 N–H and O–H groups in total. The standard InChI is InChI=1S/C14H16O4/c1-10(11-6-4-3-5-7-11)13(16)8-12(9-15)14(17)18-2/h3-7,9-10,12H,8H2,1-2H3. The summed E-state index contributed by atoms with van der Waals surface area (Å²) >= 11 is 0. The fourth-order valence-corrected chi connectivity index (χ4v) is 1.66. The molecule has 0 radical (unpaired) electrons. The van der Waals surface area contributed by atoms with E-state index in [2.05, 4.69) is 4.74 Å². The van der Waals surface area contributed by atoms with E-state index >= 15 is 0 Å². The van der Waals surface area contributed by atoms with Crippen molar-refractivity contribution in [3.63, 3.8) is 0 Å². The van der Waals surface area contributed by atoms with Crippen LogP contribution < -0.4 is 0 Å². The van der Waals surface area contributed by atoms with E-state index in [1.807, 2.05) is 30.3 Å². The summed E-state index contributed by atoms with van der Waals surface area (Å²) in [4.78, 5) is 33.9. The largest absolute Gasteiger partial charge is 0.468 e. The maximum Gasteiger partial charge on any atom is 0.316 e. The summed E-state index contributed by atoms with van der Waals surface area (Å²) < 4.78 is 4.47. The molecular weight excluding hydrogens is 232 g/mol. The Labute approximate surface area is 106 Å². The summed E-state index contributed by atoms with van der Waals surface area (Å²) in [5.41, 5.74) is 0.872. The quantitative estimate of drug-likeness (QED) is 0.437. The van der Waals surface area contributed by atoms with E-state index in [0.29, 0.717) is 6.29 Å². The molecule has 0 aliphatic rings. The third kappa shape index (κ3) is 3.52. The molecule has 2 unspecified atom stereocenters. The highest BCUT2D eigenvalue weighted by Gasteiger charge is 2.25. The Balaban J connectivity index is 2.70. The van der Waals surface area contributed by atoms with E-state index in [4.69, 9.17) is 0 Å². The van der Waals surface area contributed by atoms with Crippen molar-refractivity contribution in [1.29, 1.82) is 0 Å². The van der Waals surface area contributed by atoms with Crippen LogP contribution in [-0.4, -0.2) is 25.1 Å². The average molecular weight is 248 g/mol. The SMILES string of the molecule is COC(=O)C(C=O)CC(=O)C(C)c1ccccc1. The van der Waals surface area contributed by atoms with Gasteiger partial charge >= 0.3 is 5.97 Å². The summed E-state index contributed by atoms with van der Waals surface area (Å²) in [5, 5.41) is 0. The van der Waals surface area contributed by atoms with Crippen LogP contribution in [0.3, 0.4) is 0 Å². The third-order valence-electron chi connectivity index (χ3n) is 2.87. The van der Waals surface area contributed by atoms with E-state index in [1.165, 1.54) is 7.11 Å². The highest BCUT2D eigenvalue weighted by Crippen LogP contribution is 2.19. The van der Waals surface area contributed by atoms with Gasteiger partial charge < -0.3 is 9.53 Å². The van der Waals surface area contributed by atoms with Crippen molar-refractivity contribution in [3.05, 3.63) is 35.9 Å². The minimum Gasteiger partial charge on any atom is -0.468 e. The van der Waals surface area contributed by atoms with Crippen LogP contribution in [-0.2, 0) is 19.1 Å². The van der Waals surface area contributed by atoms with Gasteiger partial charge in [-0.3, -0.25) is 9.59 Å². The number of esters is 1. The number of Topliss-reactive ketones (excluding diaryl/α,β-unsaturated/α-hetero) is 1. The third-order valence-corrected chi connectivity index (χ3v) is 2.87. The second-order valence-electron chi connectivity index (χ2n) is 4.07. The van der Waals surface area contributed by atoms with E-state index in [1.54, 1.807) is 6.92 Å². The van der Waals surface area contributed by atoms with Crippen molar-refractivity contribution in [2.24, 2.45) is 5.92 Å². The van der Waals surface area contributed by atoms with Gasteiger partial charge in [-0.25, -0.2) is 0 Å². The van der Waals surface area contributed by atoms with Crippen LogP contribution in [0.1, 0.15) is 24.8 Å². The Bertz CT molecular complexity index is 425. The molecule has 0 aliphatic heterocycles. The molecule has 0 spiro atoms. The first kappa shape index (κ1) is 14.1. The zero-order valence-electron chi connectivity index (χ0n) is 10.5. The van der Waals surface area contributed by atoms with Gasteiger partial charge in [0.25, 0.3) is 0 Å². The number of ketones is 1. The van der Waals surface area contributed by atoms with Crippen LogP contribution >= 0.6 is 0 Å². The Morgan fingerprint density at radius 2 is 1.89 bits per heavy atom. The Morgan fingerprint density at radius 3 is 2.39 bits per heavy atom. The smallest absolute Gasteiger partial charge is 0.316 e. The van der Waals surface area contributed by atoms with Gasteiger partial charge in [0.1, 0.15) is 18.0 Å². The van der Waals surface area contributed by atoms with Crippen molar-refractivity contribution in [2.75, 3.05) is 7.11 Å². The van der Waals surface area contributed by atoms with Crippen molar-refractivity contribution < 1.29 is 19.1 Å². The summed E-state index contributed by atoms with van der Waals surface area (Å²) in [6.45, 7) is 1.76.